The zero-order chi connectivity index (χ0) is 24.6. The number of aromatic nitrogens is 5. The van der Waals surface area contributed by atoms with Crippen LogP contribution in [-0.4, -0.2) is 30.5 Å². The van der Waals surface area contributed by atoms with Gasteiger partial charge in [0.05, 0.1) is 23.2 Å². The molecular weight excluding hydrogens is 477 g/mol. The van der Waals surface area contributed by atoms with Gasteiger partial charge in [-0.05, 0) is 42.1 Å². The Balaban J connectivity index is 1.29. The van der Waals surface area contributed by atoms with Crippen molar-refractivity contribution in [1.82, 2.24) is 24.5 Å². The minimum absolute atomic E-state index is 0.0638. The summed E-state index contributed by atoms with van der Waals surface area (Å²) >= 11 is 1.62. The molecule has 1 N–H and O–H groups in total. The minimum Gasteiger partial charge on any atom is -0.308 e. The third-order valence-electron chi connectivity index (χ3n) is 5.40. The van der Waals surface area contributed by atoms with Crippen LogP contribution in [0.3, 0.4) is 0 Å². The number of hydrogen-bond acceptors (Lipinski definition) is 5. The second-order valence-corrected chi connectivity index (χ2v) is 8.87. The lowest BCUT2D eigenvalue weighted by atomic mass is 10.1. The third kappa shape index (κ3) is 4.80. The Labute approximate surface area is 201 Å². The van der Waals surface area contributed by atoms with Gasteiger partial charge in [0.2, 0.25) is 5.91 Å². The number of carbonyl (C=O) groups excluding carboxylic acids is 1. The highest BCUT2D eigenvalue weighted by Gasteiger charge is 2.30. The van der Waals surface area contributed by atoms with Gasteiger partial charge in [0.25, 0.3) is 0 Å². The van der Waals surface area contributed by atoms with Crippen molar-refractivity contribution in [3.63, 3.8) is 0 Å². The van der Waals surface area contributed by atoms with Crippen LogP contribution in [0.4, 0.5) is 19.0 Å². The fraction of sp³-hybridized carbons (Fsp3) is 0.167. The standard InChI is InChI=1S/C24H19F3N6OS/c1-15-22-18(19-6-3-11-35-19)7-9-28-23(22)33(30-15)14-21(34)29-20-8-10-32(31-20)13-16-4-2-5-17(12-16)24(25,26)27/h2-12H,13-14H2,1H3,(H,29,31,34). The van der Waals surface area contributed by atoms with Crippen molar-refractivity contribution in [2.45, 2.75) is 26.2 Å². The van der Waals surface area contributed by atoms with Crippen molar-refractivity contribution in [2.24, 2.45) is 0 Å². The molecule has 5 rings (SSSR count). The van der Waals surface area contributed by atoms with Crippen LogP contribution >= 0.6 is 11.3 Å². The van der Waals surface area contributed by atoms with E-state index in [9.17, 15) is 18.0 Å². The van der Waals surface area contributed by atoms with Crippen molar-refractivity contribution in [3.8, 4) is 10.4 Å². The topological polar surface area (TPSA) is 77.6 Å². The molecule has 0 saturated heterocycles. The number of nitrogens with zero attached hydrogens (tertiary/aromatic N) is 5. The number of pyridine rings is 1. The van der Waals surface area contributed by atoms with Crippen LogP contribution in [0.15, 0.2) is 66.3 Å². The number of rotatable bonds is 6. The summed E-state index contributed by atoms with van der Waals surface area (Å²) < 4.78 is 41.9. The van der Waals surface area contributed by atoms with Crippen molar-refractivity contribution in [3.05, 3.63) is 83.1 Å². The number of amides is 1. The van der Waals surface area contributed by atoms with Gasteiger partial charge >= 0.3 is 6.18 Å². The quantitative estimate of drug-likeness (QED) is 0.343. The highest BCUT2D eigenvalue weighted by molar-refractivity contribution is 7.13. The maximum atomic E-state index is 12.9. The fourth-order valence-electron chi connectivity index (χ4n) is 3.90. The van der Waals surface area contributed by atoms with E-state index in [1.54, 1.807) is 40.5 Å². The maximum absolute atomic E-state index is 12.9. The molecule has 7 nitrogen and oxygen atoms in total. The van der Waals surface area contributed by atoms with Gasteiger partial charge in [0.15, 0.2) is 11.5 Å². The molecule has 4 heterocycles. The molecule has 0 radical (unpaired) electrons. The number of halogens is 3. The first-order valence-corrected chi connectivity index (χ1v) is 11.5. The van der Waals surface area contributed by atoms with Crippen LogP contribution in [0.25, 0.3) is 21.5 Å². The highest BCUT2D eigenvalue weighted by Crippen LogP contribution is 2.33. The Morgan fingerprint density at radius 1 is 1.11 bits per heavy atom. The first kappa shape index (κ1) is 22.8. The van der Waals surface area contributed by atoms with Gasteiger partial charge < -0.3 is 5.32 Å². The third-order valence-corrected chi connectivity index (χ3v) is 6.30. The van der Waals surface area contributed by atoms with Crippen molar-refractivity contribution in [1.29, 1.82) is 0 Å². The van der Waals surface area contributed by atoms with Crippen molar-refractivity contribution >= 4 is 34.1 Å². The highest BCUT2D eigenvalue weighted by atomic mass is 32.1. The van der Waals surface area contributed by atoms with E-state index < -0.39 is 11.7 Å². The second kappa shape index (κ2) is 8.99. The number of nitrogens with one attached hydrogen (secondary N) is 1. The van der Waals surface area contributed by atoms with E-state index in [1.165, 1.54) is 10.7 Å². The number of benzene rings is 1. The Morgan fingerprint density at radius 2 is 1.97 bits per heavy atom. The molecule has 0 fully saturated rings. The predicted octanol–water partition coefficient (Wildman–Crippen LogP) is 5.37. The predicted molar refractivity (Wildman–Crippen MR) is 127 cm³/mol. The van der Waals surface area contributed by atoms with Gasteiger partial charge in [0.1, 0.15) is 6.54 Å². The first-order chi connectivity index (χ1) is 16.8. The van der Waals surface area contributed by atoms with E-state index in [4.69, 9.17) is 0 Å². The Bertz CT molecular complexity index is 1500. The smallest absolute Gasteiger partial charge is 0.308 e. The number of aryl methyl sites for hydroxylation is 1. The van der Waals surface area contributed by atoms with E-state index in [-0.39, 0.29) is 19.0 Å². The maximum Gasteiger partial charge on any atom is 0.416 e. The van der Waals surface area contributed by atoms with Crippen molar-refractivity contribution in [2.75, 3.05) is 5.32 Å². The minimum atomic E-state index is -4.41. The molecule has 5 aromatic rings. The van der Waals surface area contributed by atoms with Crippen LogP contribution in [0.5, 0.6) is 0 Å². The second-order valence-electron chi connectivity index (χ2n) is 7.92. The normalized spacial score (nSPS) is 11.8. The zero-order valence-corrected chi connectivity index (χ0v) is 19.3. The zero-order valence-electron chi connectivity index (χ0n) is 18.5. The molecule has 0 aliphatic rings. The van der Waals surface area contributed by atoms with Crippen LogP contribution in [0.2, 0.25) is 0 Å². The number of carbonyl (C=O) groups is 1. The van der Waals surface area contributed by atoms with E-state index in [0.29, 0.717) is 17.0 Å². The molecule has 178 valence electrons. The molecule has 1 aromatic carbocycles. The molecule has 0 aliphatic heterocycles. The monoisotopic (exact) mass is 496 g/mol. The molecule has 0 atom stereocenters. The summed E-state index contributed by atoms with van der Waals surface area (Å²) in [6.07, 6.45) is -1.12. The van der Waals surface area contributed by atoms with E-state index in [1.807, 2.05) is 30.5 Å². The van der Waals surface area contributed by atoms with Crippen LogP contribution in [0.1, 0.15) is 16.8 Å². The summed E-state index contributed by atoms with van der Waals surface area (Å²) in [7, 11) is 0. The number of fused-ring (bicyclic) bond motifs is 1. The van der Waals surface area contributed by atoms with E-state index in [0.717, 1.165) is 33.7 Å². The molecule has 1 amide bonds. The van der Waals surface area contributed by atoms with Gasteiger partial charge in [-0.1, -0.05) is 18.2 Å². The Kier molecular flexibility index (Phi) is 5.85. The average Bonchev–Trinajstić information content (AvgIpc) is 3.55. The SMILES string of the molecule is Cc1nn(CC(=O)Nc2ccn(Cc3cccc(C(F)(F)F)c3)n2)c2nccc(-c3cccs3)c12. The molecule has 35 heavy (non-hydrogen) atoms. The van der Waals surface area contributed by atoms with E-state index >= 15 is 0 Å². The number of alkyl halides is 3. The van der Waals surface area contributed by atoms with Crippen LogP contribution in [0, 0.1) is 6.92 Å². The molecule has 4 aromatic heterocycles. The van der Waals surface area contributed by atoms with E-state index in [2.05, 4.69) is 20.5 Å². The lowest BCUT2D eigenvalue weighted by molar-refractivity contribution is -0.137. The fourth-order valence-corrected chi connectivity index (χ4v) is 4.65. The lowest BCUT2D eigenvalue weighted by Crippen LogP contribution is -2.20. The number of thiophene rings is 1. The molecule has 11 heteroatoms. The molecule has 0 bridgehead atoms. The summed E-state index contributed by atoms with van der Waals surface area (Å²) in [5.74, 6) is -0.0514. The number of hydrogen-bond donors (Lipinski definition) is 1. The summed E-state index contributed by atoms with van der Waals surface area (Å²) in [4.78, 5) is 18.2. The van der Waals surface area contributed by atoms with Gasteiger partial charge in [-0.2, -0.15) is 23.4 Å². The molecule has 0 unspecified atom stereocenters. The Morgan fingerprint density at radius 3 is 2.74 bits per heavy atom. The summed E-state index contributed by atoms with van der Waals surface area (Å²) in [6, 6.07) is 12.6. The molecule has 0 saturated carbocycles. The summed E-state index contributed by atoms with van der Waals surface area (Å²) in [5, 5.41) is 14.4. The van der Waals surface area contributed by atoms with Gasteiger partial charge in [0, 0.05) is 28.9 Å². The lowest BCUT2D eigenvalue weighted by Gasteiger charge is -2.09. The van der Waals surface area contributed by atoms with Crippen LogP contribution in [-0.2, 0) is 24.1 Å². The largest absolute Gasteiger partial charge is 0.416 e. The van der Waals surface area contributed by atoms with Crippen LogP contribution < -0.4 is 5.32 Å². The molecule has 0 spiro atoms. The summed E-state index contributed by atoms with van der Waals surface area (Å²) in [5.41, 5.74) is 2.14. The molecular formula is C24H19F3N6OS. The average molecular weight is 497 g/mol. The Hall–Kier alpha value is -3.99. The van der Waals surface area contributed by atoms with Gasteiger partial charge in [-0.15, -0.1) is 11.3 Å². The van der Waals surface area contributed by atoms with Gasteiger partial charge in [-0.25, -0.2) is 9.67 Å². The van der Waals surface area contributed by atoms with Gasteiger partial charge in [-0.3, -0.25) is 9.48 Å². The molecule has 0 aliphatic carbocycles. The summed E-state index contributed by atoms with van der Waals surface area (Å²) in [6.45, 7) is 1.95. The number of anilines is 1. The first-order valence-electron chi connectivity index (χ1n) is 10.6. The van der Waals surface area contributed by atoms with Crippen molar-refractivity contribution < 1.29 is 18.0 Å².